The van der Waals surface area contributed by atoms with Gasteiger partial charge in [-0.2, -0.15) is 0 Å². The lowest BCUT2D eigenvalue weighted by Crippen LogP contribution is -2.28. The highest BCUT2D eigenvalue weighted by molar-refractivity contribution is 5.85. The Morgan fingerprint density at radius 1 is 0.839 bits per heavy atom. The SMILES string of the molecule is COc1ccc(-c2cncc(CN3CC=C(c4ccccc4)CC3)c2)cc1OC.Cl.Cl. The minimum Gasteiger partial charge on any atom is -0.493 e. The molecule has 0 fully saturated rings. The summed E-state index contributed by atoms with van der Waals surface area (Å²) in [6, 6.07) is 18.8. The third-order valence-electron chi connectivity index (χ3n) is 5.36. The predicted octanol–water partition coefficient (Wildman–Crippen LogP) is 5.90. The topological polar surface area (TPSA) is 34.6 Å². The molecule has 0 spiro atoms. The Morgan fingerprint density at radius 2 is 1.61 bits per heavy atom. The van der Waals surface area contributed by atoms with Gasteiger partial charge in [-0.25, -0.2) is 0 Å². The smallest absolute Gasteiger partial charge is 0.161 e. The highest BCUT2D eigenvalue weighted by Gasteiger charge is 2.14. The van der Waals surface area contributed by atoms with Crippen LogP contribution < -0.4 is 9.47 Å². The first-order valence-electron chi connectivity index (χ1n) is 9.90. The monoisotopic (exact) mass is 458 g/mol. The van der Waals surface area contributed by atoms with Crippen LogP contribution in [-0.2, 0) is 6.54 Å². The summed E-state index contributed by atoms with van der Waals surface area (Å²) >= 11 is 0. The van der Waals surface area contributed by atoms with Gasteiger partial charge in [-0.05, 0) is 46.9 Å². The Labute approximate surface area is 196 Å². The number of aromatic nitrogens is 1. The molecule has 3 aromatic rings. The molecule has 164 valence electrons. The Morgan fingerprint density at radius 3 is 2.29 bits per heavy atom. The van der Waals surface area contributed by atoms with Gasteiger partial charge in [0.15, 0.2) is 11.5 Å². The van der Waals surface area contributed by atoms with Crippen molar-refractivity contribution >= 4 is 30.4 Å². The molecule has 2 aromatic carbocycles. The van der Waals surface area contributed by atoms with Gasteiger partial charge in [0.2, 0.25) is 0 Å². The molecule has 31 heavy (non-hydrogen) atoms. The zero-order valence-corrected chi connectivity index (χ0v) is 19.4. The fourth-order valence-electron chi connectivity index (χ4n) is 3.78. The van der Waals surface area contributed by atoms with E-state index in [1.54, 1.807) is 14.2 Å². The first-order chi connectivity index (χ1) is 14.3. The standard InChI is InChI=1S/C25H26N2O2.2ClH/c1-28-24-9-8-22(15-25(24)29-2)23-14-19(16-26-17-23)18-27-12-10-21(11-13-27)20-6-4-3-5-7-20;;/h3-10,14-17H,11-13,18H2,1-2H3;2*1H. The molecule has 0 aliphatic carbocycles. The maximum Gasteiger partial charge on any atom is 0.161 e. The molecule has 0 saturated carbocycles. The van der Waals surface area contributed by atoms with Crippen molar-refractivity contribution in [3.05, 3.63) is 84.2 Å². The fraction of sp³-hybridized carbons (Fsp3) is 0.240. The Balaban J connectivity index is 0.00000171. The Kier molecular flexibility index (Phi) is 9.38. The molecule has 6 heteroatoms. The van der Waals surface area contributed by atoms with E-state index in [4.69, 9.17) is 9.47 Å². The summed E-state index contributed by atoms with van der Waals surface area (Å²) in [7, 11) is 3.31. The molecule has 0 N–H and O–H groups in total. The van der Waals surface area contributed by atoms with Crippen molar-refractivity contribution in [3.8, 4) is 22.6 Å². The third-order valence-corrected chi connectivity index (χ3v) is 5.36. The van der Waals surface area contributed by atoms with Gasteiger partial charge in [-0.3, -0.25) is 9.88 Å². The molecule has 0 bridgehead atoms. The summed E-state index contributed by atoms with van der Waals surface area (Å²) in [5, 5.41) is 0. The second-order valence-electron chi connectivity index (χ2n) is 7.23. The number of methoxy groups -OCH3 is 2. The molecule has 1 aromatic heterocycles. The zero-order chi connectivity index (χ0) is 20.1. The Bertz CT molecular complexity index is 1010. The lowest BCUT2D eigenvalue weighted by Gasteiger charge is -2.26. The van der Waals surface area contributed by atoms with E-state index >= 15 is 0 Å². The normalized spacial score (nSPS) is 13.4. The molecule has 0 saturated heterocycles. The summed E-state index contributed by atoms with van der Waals surface area (Å²) < 4.78 is 10.8. The Hall–Kier alpha value is -2.53. The van der Waals surface area contributed by atoms with Crippen molar-refractivity contribution in [3.63, 3.8) is 0 Å². The van der Waals surface area contributed by atoms with Crippen LogP contribution in [0.4, 0.5) is 0 Å². The minimum absolute atomic E-state index is 0. The highest BCUT2D eigenvalue weighted by Crippen LogP contribution is 2.32. The third kappa shape index (κ3) is 6.01. The predicted molar refractivity (Wildman–Crippen MR) is 132 cm³/mol. The van der Waals surface area contributed by atoms with E-state index in [1.165, 1.54) is 16.7 Å². The summed E-state index contributed by atoms with van der Waals surface area (Å²) in [6.07, 6.45) is 7.28. The van der Waals surface area contributed by atoms with E-state index in [0.717, 1.165) is 48.7 Å². The average Bonchev–Trinajstić information content (AvgIpc) is 2.80. The van der Waals surface area contributed by atoms with Crippen LogP contribution in [0, 0.1) is 0 Å². The molecule has 1 aliphatic rings. The molecule has 4 rings (SSSR count). The van der Waals surface area contributed by atoms with E-state index in [1.807, 2.05) is 30.6 Å². The minimum atomic E-state index is 0. The highest BCUT2D eigenvalue weighted by atomic mass is 35.5. The van der Waals surface area contributed by atoms with Gasteiger partial charge in [-0.15, -0.1) is 24.8 Å². The fourth-order valence-corrected chi connectivity index (χ4v) is 3.78. The van der Waals surface area contributed by atoms with Crippen molar-refractivity contribution in [2.45, 2.75) is 13.0 Å². The number of benzene rings is 2. The number of nitrogens with zero attached hydrogens (tertiary/aromatic N) is 2. The molecule has 0 radical (unpaired) electrons. The van der Waals surface area contributed by atoms with Gasteiger partial charge in [-0.1, -0.05) is 42.5 Å². The van der Waals surface area contributed by atoms with Gasteiger partial charge in [0.05, 0.1) is 14.2 Å². The lowest BCUT2D eigenvalue weighted by atomic mass is 9.99. The number of hydrogen-bond acceptors (Lipinski definition) is 4. The molecule has 0 amide bonds. The van der Waals surface area contributed by atoms with Crippen molar-refractivity contribution in [2.75, 3.05) is 27.3 Å². The van der Waals surface area contributed by atoms with E-state index in [-0.39, 0.29) is 24.8 Å². The molecular formula is C25H28Cl2N2O2. The van der Waals surface area contributed by atoms with Crippen LogP contribution in [0.3, 0.4) is 0 Å². The first kappa shape index (κ1) is 24.7. The van der Waals surface area contributed by atoms with Gasteiger partial charge in [0, 0.05) is 37.6 Å². The molecule has 0 unspecified atom stereocenters. The van der Waals surface area contributed by atoms with Gasteiger partial charge >= 0.3 is 0 Å². The van der Waals surface area contributed by atoms with Crippen molar-refractivity contribution in [2.24, 2.45) is 0 Å². The van der Waals surface area contributed by atoms with Crippen LogP contribution >= 0.6 is 24.8 Å². The number of pyridine rings is 1. The van der Waals surface area contributed by atoms with Crippen molar-refractivity contribution < 1.29 is 9.47 Å². The van der Waals surface area contributed by atoms with Crippen LogP contribution in [0.25, 0.3) is 16.7 Å². The van der Waals surface area contributed by atoms with E-state index in [2.05, 4.69) is 52.4 Å². The maximum atomic E-state index is 5.44. The second kappa shape index (κ2) is 11.8. The lowest BCUT2D eigenvalue weighted by molar-refractivity contribution is 0.293. The van der Waals surface area contributed by atoms with Crippen molar-refractivity contribution in [1.82, 2.24) is 9.88 Å². The van der Waals surface area contributed by atoms with E-state index < -0.39 is 0 Å². The van der Waals surface area contributed by atoms with Crippen LogP contribution in [0.5, 0.6) is 11.5 Å². The van der Waals surface area contributed by atoms with Crippen LogP contribution in [-0.4, -0.2) is 37.2 Å². The zero-order valence-electron chi connectivity index (χ0n) is 17.8. The number of rotatable bonds is 6. The molecular weight excluding hydrogens is 431 g/mol. The molecule has 2 heterocycles. The largest absolute Gasteiger partial charge is 0.493 e. The quantitative estimate of drug-likeness (QED) is 0.460. The van der Waals surface area contributed by atoms with E-state index in [9.17, 15) is 0 Å². The van der Waals surface area contributed by atoms with Crippen LogP contribution in [0.15, 0.2) is 73.1 Å². The van der Waals surface area contributed by atoms with Gasteiger partial charge in [0.25, 0.3) is 0 Å². The van der Waals surface area contributed by atoms with Crippen molar-refractivity contribution in [1.29, 1.82) is 0 Å². The van der Waals surface area contributed by atoms with Crippen LogP contribution in [0.2, 0.25) is 0 Å². The second-order valence-corrected chi connectivity index (χ2v) is 7.23. The number of ether oxygens (including phenoxy) is 2. The number of hydrogen-bond donors (Lipinski definition) is 0. The summed E-state index contributed by atoms with van der Waals surface area (Å²) in [5.74, 6) is 1.46. The molecule has 1 aliphatic heterocycles. The van der Waals surface area contributed by atoms with Gasteiger partial charge in [0.1, 0.15) is 0 Å². The van der Waals surface area contributed by atoms with E-state index in [0.29, 0.717) is 0 Å². The molecule has 0 atom stereocenters. The molecule has 4 nitrogen and oxygen atoms in total. The number of halogens is 2. The summed E-state index contributed by atoms with van der Waals surface area (Å²) in [6.45, 7) is 2.92. The summed E-state index contributed by atoms with van der Waals surface area (Å²) in [4.78, 5) is 6.93. The van der Waals surface area contributed by atoms with Crippen LogP contribution in [0.1, 0.15) is 17.5 Å². The van der Waals surface area contributed by atoms with Gasteiger partial charge < -0.3 is 9.47 Å². The summed E-state index contributed by atoms with van der Waals surface area (Å²) in [5.41, 5.74) is 6.15. The first-order valence-corrected chi connectivity index (χ1v) is 9.90. The maximum absolute atomic E-state index is 5.44. The average molecular weight is 459 g/mol.